The second kappa shape index (κ2) is 10.1. The summed E-state index contributed by atoms with van der Waals surface area (Å²) in [5.41, 5.74) is 7.23. The Bertz CT molecular complexity index is 1580. The maximum Gasteiger partial charge on any atom is 0.266 e. The van der Waals surface area contributed by atoms with Crippen LogP contribution in [0.25, 0.3) is 22.0 Å². The predicted molar refractivity (Wildman–Crippen MR) is 135 cm³/mol. The third-order valence-electron chi connectivity index (χ3n) is 5.99. The molecule has 4 aromatic rings. The monoisotopic (exact) mass is 544 g/mol. The number of rotatable bonds is 7. The smallest absolute Gasteiger partial charge is 0.266 e. The molecule has 3 heterocycles. The molecule has 1 saturated heterocycles. The molecule has 2 aromatic heterocycles. The molecule has 1 fully saturated rings. The first kappa shape index (κ1) is 25.2. The molecule has 9 nitrogen and oxygen atoms in total. The average Bonchev–Trinajstić information content (AvgIpc) is 3.28. The number of carbonyl (C=O) groups excluding carboxylic acids is 1. The van der Waals surface area contributed by atoms with Crippen molar-refractivity contribution in [2.75, 3.05) is 26.3 Å². The minimum absolute atomic E-state index is 0.00927. The van der Waals surface area contributed by atoms with Gasteiger partial charge in [-0.15, -0.1) is 0 Å². The highest BCUT2D eigenvalue weighted by atomic mass is 35.5. The number of sulfonamides is 1. The van der Waals surface area contributed by atoms with Crippen molar-refractivity contribution in [2.24, 2.45) is 5.73 Å². The molecule has 3 N–H and O–H groups in total. The van der Waals surface area contributed by atoms with Crippen LogP contribution in [0.1, 0.15) is 10.5 Å². The predicted octanol–water partition coefficient (Wildman–Crippen LogP) is 3.59. The maximum absolute atomic E-state index is 13.7. The van der Waals surface area contributed by atoms with Gasteiger partial charge in [0.05, 0.1) is 6.61 Å². The van der Waals surface area contributed by atoms with Gasteiger partial charge in [0.2, 0.25) is 16.0 Å². The number of ether oxygens (including phenoxy) is 2. The van der Waals surface area contributed by atoms with E-state index in [4.69, 9.17) is 26.8 Å². The largest absolute Gasteiger partial charge is 0.491 e. The standard InChI is InChI=1S/C25H22ClFN4O5S/c26-17-5-6-21-20(11-17)24(23(30-21)25(28)32)37(33,34)31-8-9-35-19(13-31)14-36-18-3-1-2-15(10-18)16-4-7-22(27)29-12-16/h1-7,10-12,19,30H,8-9,13-14H2,(H2,28,32)/t19-/m0/s1. The molecule has 0 unspecified atom stereocenters. The van der Waals surface area contributed by atoms with E-state index in [9.17, 15) is 17.6 Å². The van der Waals surface area contributed by atoms with E-state index in [0.29, 0.717) is 16.3 Å². The second-order valence-electron chi connectivity index (χ2n) is 8.45. The van der Waals surface area contributed by atoms with Crippen molar-refractivity contribution >= 4 is 38.4 Å². The lowest BCUT2D eigenvalue weighted by molar-refractivity contribution is -0.0249. The van der Waals surface area contributed by atoms with Gasteiger partial charge in [0.25, 0.3) is 5.91 Å². The molecule has 0 bridgehead atoms. The minimum atomic E-state index is -4.13. The number of primary amides is 1. The third-order valence-corrected chi connectivity index (χ3v) is 8.18. The van der Waals surface area contributed by atoms with Crippen molar-refractivity contribution in [1.29, 1.82) is 0 Å². The van der Waals surface area contributed by atoms with Gasteiger partial charge in [0.1, 0.15) is 29.0 Å². The Balaban J connectivity index is 1.34. The van der Waals surface area contributed by atoms with Gasteiger partial charge in [-0.2, -0.15) is 8.70 Å². The zero-order chi connectivity index (χ0) is 26.2. The van der Waals surface area contributed by atoms with Crippen LogP contribution in [0.15, 0.2) is 65.7 Å². The van der Waals surface area contributed by atoms with Crippen LogP contribution in [0.2, 0.25) is 5.02 Å². The normalized spacial score (nSPS) is 16.6. The molecule has 1 aliphatic rings. The lowest BCUT2D eigenvalue weighted by Gasteiger charge is -2.32. The van der Waals surface area contributed by atoms with Gasteiger partial charge in [-0.25, -0.2) is 13.4 Å². The van der Waals surface area contributed by atoms with E-state index in [2.05, 4.69) is 9.97 Å². The molecule has 5 rings (SSSR count). The van der Waals surface area contributed by atoms with Gasteiger partial charge < -0.3 is 20.2 Å². The van der Waals surface area contributed by atoms with Crippen LogP contribution in [-0.4, -0.2) is 61.0 Å². The van der Waals surface area contributed by atoms with Gasteiger partial charge >= 0.3 is 0 Å². The topological polar surface area (TPSA) is 128 Å². The zero-order valence-electron chi connectivity index (χ0n) is 19.4. The molecule has 1 aliphatic heterocycles. The summed E-state index contributed by atoms with van der Waals surface area (Å²) in [4.78, 5) is 18.3. The molecule has 2 aromatic carbocycles. The number of fused-ring (bicyclic) bond motifs is 1. The van der Waals surface area contributed by atoms with E-state index >= 15 is 0 Å². The summed E-state index contributed by atoms with van der Waals surface area (Å²) < 4.78 is 53.4. The summed E-state index contributed by atoms with van der Waals surface area (Å²) in [6.45, 7) is 0.329. The highest BCUT2D eigenvalue weighted by molar-refractivity contribution is 7.89. The van der Waals surface area contributed by atoms with Gasteiger partial charge in [0, 0.05) is 40.8 Å². The van der Waals surface area contributed by atoms with Crippen molar-refractivity contribution in [2.45, 2.75) is 11.0 Å². The molecule has 0 aliphatic carbocycles. The molecular weight excluding hydrogens is 523 g/mol. The number of nitrogens with two attached hydrogens (primary N) is 1. The Kier molecular flexibility index (Phi) is 6.86. The SMILES string of the molecule is NC(=O)c1[nH]c2ccc(Cl)cc2c1S(=O)(=O)N1CCO[C@H](COc2cccc(-c3ccc(F)nc3)c2)C1. The van der Waals surface area contributed by atoms with E-state index in [-0.39, 0.29) is 42.3 Å². The summed E-state index contributed by atoms with van der Waals surface area (Å²) in [6.07, 6.45) is 0.866. The van der Waals surface area contributed by atoms with Crippen molar-refractivity contribution in [3.63, 3.8) is 0 Å². The number of aromatic nitrogens is 2. The molecule has 37 heavy (non-hydrogen) atoms. The van der Waals surface area contributed by atoms with E-state index in [1.165, 1.54) is 22.6 Å². The van der Waals surface area contributed by atoms with Crippen LogP contribution in [0.4, 0.5) is 4.39 Å². The number of aromatic amines is 1. The van der Waals surface area contributed by atoms with Gasteiger partial charge in [-0.3, -0.25) is 4.79 Å². The Morgan fingerprint density at radius 2 is 2.05 bits per heavy atom. The quantitative estimate of drug-likeness (QED) is 0.342. The number of hydrogen-bond acceptors (Lipinski definition) is 6. The molecule has 1 amide bonds. The Morgan fingerprint density at radius 1 is 1.22 bits per heavy atom. The van der Waals surface area contributed by atoms with Crippen molar-refractivity contribution < 1.29 is 27.1 Å². The van der Waals surface area contributed by atoms with Crippen molar-refractivity contribution in [3.8, 4) is 16.9 Å². The molecule has 0 saturated carbocycles. The van der Waals surface area contributed by atoms with Crippen LogP contribution in [-0.2, 0) is 14.8 Å². The average molecular weight is 545 g/mol. The van der Waals surface area contributed by atoms with E-state index in [0.717, 1.165) is 11.1 Å². The van der Waals surface area contributed by atoms with Crippen LogP contribution < -0.4 is 10.5 Å². The first-order valence-electron chi connectivity index (χ1n) is 11.3. The lowest BCUT2D eigenvalue weighted by Crippen LogP contribution is -2.47. The summed E-state index contributed by atoms with van der Waals surface area (Å²) in [5, 5.41) is 0.610. The molecule has 0 radical (unpaired) electrons. The number of carbonyl (C=O) groups is 1. The van der Waals surface area contributed by atoms with Gasteiger partial charge in [-0.1, -0.05) is 23.7 Å². The van der Waals surface area contributed by atoms with Gasteiger partial charge in [0.15, 0.2) is 0 Å². The fourth-order valence-corrected chi connectivity index (χ4v) is 6.19. The molecule has 0 spiro atoms. The first-order valence-corrected chi connectivity index (χ1v) is 13.1. The Hall–Kier alpha value is -3.51. The van der Waals surface area contributed by atoms with Crippen LogP contribution in [0, 0.1) is 5.95 Å². The Morgan fingerprint density at radius 3 is 2.81 bits per heavy atom. The van der Waals surface area contributed by atoms with E-state index < -0.39 is 28.0 Å². The summed E-state index contributed by atoms with van der Waals surface area (Å²) in [7, 11) is -4.13. The fourth-order valence-electron chi connectivity index (χ4n) is 4.22. The number of hydrogen-bond donors (Lipinski definition) is 2. The number of halogens is 2. The third kappa shape index (κ3) is 5.16. The molecule has 192 valence electrons. The van der Waals surface area contributed by atoms with Gasteiger partial charge in [-0.05, 0) is 48.0 Å². The number of morpholine rings is 1. The maximum atomic E-state index is 13.7. The van der Waals surface area contributed by atoms with Crippen molar-refractivity contribution in [1.82, 2.24) is 14.3 Å². The second-order valence-corrected chi connectivity index (χ2v) is 10.8. The summed E-state index contributed by atoms with van der Waals surface area (Å²) in [6, 6.07) is 14.7. The van der Waals surface area contributed by atoms with Crippen LogP contribution >= 0.6 is 11.6 Å². The van der Waals surface area contributed by atoms with E-state index in [1.54, 1.807) is 36.4 Å². The van der Waals surface area contributed by atoms with Crippen LogP contribution in [0.3, 0.4) is 0 Å². The summed E-state index contributed by atoms with van der Waals surface area (Å²) in [5.74, 6) is -0.924. The number of amides is 1. The highest BCUT2D eigenvalue weighted by Crippen LogP contribution is 2.32. The highest BCUT2D eigenvalue weighted by Gasteiger charge is 2.36. The number of pyridine rings is 1. The van der Waals surface area contributed by atoms with Crippen molar-refractivity contribution in [3.05, 3.63) is 77.5 Å². The lowest BCUT2D eigenvalue weighted by atomic mass is 10.1. The number of nitrogens with zero attached hydrogens (tertiary/aromatic N) is 2. The van der Waals surface area contributed by atoms with E-state index in [1.807, 2.05) is 6.07 Å². The van der Waals surface area contributed by atoms with Crippen LogP contribution in [0.5, 0.6) is 5.75 Å². The zero-order valence-corrected chi connectivity index (χ0v) is 20.9. The Labute approximate surface area is 217 Å². The number of benzene rings is 2. The number of nitrogens with one attached hydrogen (secondary N) is 1. The number of H-pyrrole nitrogens is 1. The fraction of sp³-hybridized carbons (Fsp3) is 0.200. The minimum Gasteiger partial charge on any atom is -0.491 e. The summed E-state index contributed by atoms with van der Waals surface area (Å²) >= 11 is 6.10. The molecule has 1 atom stereocenters. The first-order chi connectivity index (χ1) is 17.7. The molecular formula is C25H22ClFN4O5S. The molecule has 12 heteroatoms.